The van der Waals surface area contributed by atoms with Gasteiger partial charge in [-0.1, -0.05) is 0 Å². The molecule has 0 spiro atoms. The van der Waals surface area contributed by atoms with Gasteiger partial charge in [0.2, 0.25) is 0 Å². The number of carboxylic acids is 1. The second-order valence-electron chi connectivity index (χ2n) is 3.61. The van der Waals surface area contributed by atoms with Crippen LogP contribution in [0.4, 0.5) is 0 Å². The lowest BCUT2D eigenvalue weighted by Gasteiger charge is -2.12. The summed E-state index contributed by atoms with van der Waals surface area (Å²) in [7, 11) is 0. The van der Waals surface area contributed by atoms with Crippen molar-refractivity contribution >= 4 is 11.8 Å². The molecular formula is C12H14O4. The third-order valence-corrected chi connectivity index (χ3v) is 2.06. The summed E-state index contributed by atoms with van der Waals surface area (Å²) in [6.45, 7) is 3.18. The summed E-state index contributed by atoms with van der Waals surface area (Å²) in [5, 5.41) is 8.55. The van der Waals surface area contributed by atoms with E-state index in [0.717, 1.165) is 0 Å². The van der Waals surface area contributed by atoms with E-state index in [1.165, 1.54) is 6.92 Å². The standard InChI is InChI=1S/C12H14O4/c1-8(7-12(14)15)16-11-5-3-10(4-6-11)9(2)13/h3-6,8H,7H2,1-2H3,(H,14,15)/t8-/m0/s1. The Kier molecular flexibility index (Phi) is 4.05. The molecule has 0 bridgehead atoms. The largest absolute Gasteiger partial charge is 0.490 e. The normalized spacial score (nSPS) is 11.9. The van der Waals surface area contributed by atoms with Crippen LogP contribution in [0.1, 0.15) is 30.6 Å². The smallest absolute Gasteiger partial charge is 0.307 e. The topological polar surface area (TPSA) is 63.6 Å². The van der Waals surface area contributed by atoms with Crippen molar-refractivity contribution in [2.45, 2.75) is 26.4 Å². The number of carbonyl (C=O) groups excluding carboxylic acids is 1. The van der Waals surface area contributed by atoms with Crippen LogP contribution in [0, 0.1) is 0 Å². The molecule has 0 aliphatic carbocycles. The lowest BCUT2D eigenvalue weighted by Crippen LogP contribution is -2.16. The molecule has 0 unspecified atom stereocenters. The number of aliphatic carboxylic acids is 1. The molecule has 1 rings (SSSR count). The van der Waals surface area contributed by atoms with E-state index in [-0.39, 0.29) is 18.3 Å². The number of hydrogen-bond donors (Lipinski definition) is 1. The van der Waals surface area contributed by atoms with Crippen LogP contribution < -0.4 is 4.74 Å². The minimum atomic E-state index is -0.896. The van der Waals surface area contributed by atoms with Crippen LogP contribution in [0.15, 0.2) is 24.3 Å². The Hall–Kier alpha value is -1.84. The van der Waals surface area contributed by atoms with Gasteiger partial charge in [0.1, 0.15) is 11.9 Å². The molecule has 1 N–H and O–H groups in total. The molecule has 86 valence electrons. The average Bonchev–Trinajstić information content (AvgIpc) is 2.16. The summed E-state index contributed by atoms with van der Waals surface area (Å²) in [6, 6.07) is 6.64. The Balaban J connectivity index is 2.61. The van der Waals surface area contributed by atoms with Gasteiger partial charge in [-0.3, -0.25) is 9.59 Å². The van der Waals surface area contributed by atoms with Crippen LogP contribution in [0.3, 0.4) is 0 Å². The first-order chi connectivity index (χ1) is 7.49. The fourth-order valence-corrected chi connectivity index (χ4v) is 1.29. The molecule has 0 saturated heterocycles. The predicted molar refractivity (Wildman–Crippen MR) is 58.8 cm³/mol. The molecule has 0 amide bonds. The van der Waals surface area contributed by atoms with E-state index in [4.69, 9.17) is 9.84 Å². The Morgan fingerprint density at radius 2 is 1.88 bits per heavy atom. The Labute approximate surface area is 93.9 Å². The van der Waals surface area contributed by atoms with Gasteiger partial charge in [-0.05, 0) is 38.1 Å². The molecule has 0 radical (unpaired) electrons. The lowest BCUT2D eigenvalue weighted by atomic mass is 10.1. The highest BCUT2D eigenvalue weighted by atomic mass is 16.5. The maximum atomic E-state index is 11.0. The van der Waals surface area contributed by atoms with E-state index < -0.39 is 5.97 Å². The van der Waals surface area contributed by atoms with Crippen molar-refractivity contribution in [3.05, 3.63) is 29.8 Å². The van der Waals surface area contributed by atoms with E-state index in [0.29, 0.717) is 11.3 Å². The number of hydrogen-bond acceptors (Lipinski definition) is 3. The molecule has 0 aliphatic rings. The van der Waals surface area contributed by atoms with Gasteiger partial charge < -0.3 is 9.84 Å². The zero-order valence-electron chi connectivity index (χ0n) is 9.27. The first-order valence-corrected chi connectivity index (χ1v) is 4.98. The van der Waals surface area contributed by atoms with Gasteiger partial charge in [-0.25, -0.2) is 0 Å². The minimum absolute atomic E-state index is 0.00913. The van der Waals surface area contributed by atoms with Gasteiger partial charge in [0.15, 0.2) is 5.78 Å². The predicted octanol–water partition coefficient (Wildman–Crippen LogP) is 2.13. The van der Waals surface area contributed by atoms with Gasteiger partial charge in [0.25, 0.3) is 0 Å². The quantitative estimate of drug-likeness (QED) is 0.775. The summed E-state index contributed by atoms with van der Waals surface area (Å²) in [6.07, 6.45) is -0.435. The number of rotatable bonds is 5. The van der Waals surface area contributed by atoms with Crippen LogP contribution in [-0.4, -0.2) is 23.0 Å². The molecule has 0 heterocycles. The van der Waals surface area contributed by atoms with Crippen molar-refractivity contribution in [2.24, 2.45) is 0 Å². The molecule has 4 nitrogen and oxygen atoms in total. The fourth-order valence-electron chi connectivity index (χ4n) is 1.29. The highest BCUT2D eigenvalue weighted by Gasteiger charge is 2.09. The third-order valence-electron chi connectivity index (χ3n) is 2.06. The van der Waals surface area contributed by atoms with Gasteiger partial charge in [-0.2, -0.15) is 0 Å². The van der Waals surface area contributed by atoms with Crippen molar-refractivity contribution in [2.75, 3.05) is 0 Å². The van der Waals surface area contributed by atoms with Gasteiger partial charge >= 0.3 is 5.97 Å². The second kappa shape index (κ2) is 5.30. The minimum Gasteiger partial charge on any atom is -0.490 e. The Morgan fingerprint density at radius 3 is 2.31 bits per heavy atom. The zero-order chi connectivity index (χ0) is 12.1. The van der Waals surface area contributed by atoms with E-state index in [9.17, 15) is 9.59 Å². The van der Waals surface area contributed by atoms with E-state index in [2.05, 4.69) is 0 Å². The first kappa shape index (κ1) is 12.2. The highest BCUT2D eigenvalue weighted by Crippen LogP contribution is 2.15. The van der Waals surface area contributed by atoms with E-state index >= 15 is 0 Å². The van der Waals surface area contributed by atoms with Crippen molar-refractivity contribution in [3.8, 4) is 5.75 Å². The van der Waals surface area contributed by atoms with Crippen LogP contribution in [0.5, 0.6) is 5.75 Å². The molecule has 0 fully saturated rings. The molecule has 0 aromatic heterocycles. The maximum Gasteiger partial charge on any atom is 0.307 e. The maximum absolute atomic E-state index is 11.0. The van der Waals surface area contributed by atoms with Crippen LogP contribution in [0.2, 0.25) is 0 Å². The zero-order valence-corrected chi connectivity index (χ0v) is 9.27. The number of ether oxygens (including phenoxy) is 1. The summed E-state index contributed by atoms with van der Waals surface area (Å²) < 4.78 is 5.37. The van der Waals surface area contributed by atoms with Crippen molar-refractivity contribution < 1.29 is 19.4 Å². The first-order valence-electron chi connectivity index (χ1n) is 4.98. The highest BCUT2D eigenvalue weighted by molar-refractivity contribution is 5.94. The number of benzene rings is 1. The van der Waals surface area contributed by atoms with E-state index in [1.807, 2.05) is 0 Å². The number of carbonyl (C=O) groups is 2. The molecule has 1 aromatic rings. The van der Waals surface area contributed by atoms with Gasteiger partial charge in [0.05, 0.1) is 6.42 Å². The van der Waals surface area contributed by atoms with Crippen LogP contribution in [-0.2, 0) is 4.79 Å². The SMILES string of the molecule is CC(=O)c1ccc(O[C@@H](C)CC(=O)O)cc1. The van der Waals surface area contributed by atoms with Crippen LogP contribution >= 0.6 is 0 Å². The summed E-state index contributed by atoms with van der Waals surface area (Å²) in [5.74, 6) is -0.336. The Morgan fingerprint density at radius 1 is 1.31 bits per heavy atom. The number of Topliss-reactive ketones (excluding diaryl/α,β-unsaturated/α-hetero) is 1. The third kappa shape index (κ3) is 3.73. The second-order valence-corrected chi connectivity index (χ2v) is 3.61. The lowest BCUT2D eigenvalue weighted by molar-refractivity contribution is -0.138. The van der Waals surface area contributed by atoms with E-state index in [1.54, 1.807) is 31.2 Å². The fraction of sp³-hybridized carbons (Fsp3) is 0.333. The molecular weight excluding hydrogens is 208 g/mol. The monoisotopic (exact) mass is 222 g/mol. The average molecular weight is 222 g/mol. The Bertz CT molecular complexity index is 381. The van der Waals surface area contributed by atoms with Crippen molar-refractivity contribution in [3.63, 3.8) is 0 Å². The number of carboxylic acid groups (broad SMARTS) is 1. The molecule has 1 aromatic carbocycles. The number of ketones is 1. The van der Waals surface area contributed by atoms with Gasteiger partial charge in [-0.15, -0.1) is 0 Å². The molecule has 1 atom stereocenters. The summed E-state index contributed by atoms with van der Waals surface area (Å²) >= 11 is 0. The van der Waals surface area contributed by atoms with Crippen LogP contribution in [0.25, 0.3) is 0 Å². The molecule has 0 saturated carbocycles. The van der Waals surface area contributed by atoms with Crippen molar-refractivity contribution in [1.29, 1.82) is 0 Å². The van der Waals surface area contributed by atoms with Crippen molar-refractivity contribution in [1.82, 2.24) is 0 Å². The summed E-state index contributed by atoms with van der Waals surface area (Å²) in [5.41, 5.74) is 0.609. The molecule has 0 aliphatic heterocycles. The molecule has 4 heteroatoms. The summed E-state index contributed by atoms with van der Waals surface area (Å²) in [4.78, 5) is 21.4. The molecule has 16 heavy (non-hydrogen) atoms. The van der Waals surface area contributed by atoms with Gasteiger partial charge in [0, 0.05) is 5.56 Å².